The highest BCUT2D eigenvalue weighted by molar-refractivity contribution is 5.89. The number of urea groups is 1. The summed E-state index contributed by atoms with van der Waals surface area (Å²) < 4.78 is 22.0. The lowest BCUT2D eigenvalue weighted by molar-refractivity contribution is 0.122. The van der Waals surface area contributed by atoms with Crippen molar-refractivity contribution in [3.05, 3.63) is 48.0 Å². The Bertz CT molecular complexity index is 838. The number of amides is 2. The Morgan fingerprint density at radius 2 is 2.00 bits per heavy atom. The smallest absolute Gasteiger partial charge is 0.319 e. The van der Waals surface area contributed by atoms with Crippen molar-refractivity contribution in [3.8, 4) is 17.2 Å². The van der Waals surface area contributed by atoms with Gasteiger partial charge in [-0.3, -0.25) is 0 Å². The summed E-state index contributed by atoms with van der Waals surface area (Å²) in [5.74, 6) is 2.89. The van der Waals surface area contributed by atoms with Crippen LogP contribution in [0.2, 0.25) is 0 Å². The van der Waals surface area contributed by atoms with E-state index in [1.165, 1.54) is 12.8 Å². The van der Waals surface area contributed by atoms with Crippen LogP contribution in [-0.4, -0.2) is 32.6 Å². The second-order valence-electron chi connectivity index (χ2n) is 7.26. The van der Waals surface area contributed by atoms with Crippen LogP contribution in [0.1, 0.15) is 24.8 Å². The van der Waals surface area contributed by atoms with Gasteiger partial charge < -0.3 is 29.6 Å². The number of benzene rings is 2. The van der Waals surface area contributed by atoms with Crippen molar-refractivity contribution in [2.45, 2.75) is 25.9 Å². The lowest BCUT2D eigenvalue weighted by Crippen LogP contribution is -2.30. The number of fused-ring (bicyclic) bond motifs is 1. The molecule has 7 nitrogen and oxygen atoms in total. The molecule has 0 saturated heterocycles. The van der Waals surface area contributed by atoms with Gasteiger partial charge in [0.1, 0.15) is 12.4 Å². The first kappa shape index (κ1) is 19.4. The Morgan fingerprint density at radius 3 is 2.90 bits per heavy atom. The van der Waals surface area contributed by atoms with Crippen molar-refractivity contribution in [2.75, 3.05) is 31.9 Å². The molecule has 0 unspecified atom stereocenters. The molecule has 1 fully saturated rings. The van der Waals surface area contributed by atoms with Crippen LogP contribution in [0.25, 0.3) is 0 Å². The largest absolute Gasteiger partial charge is 0.489 e. The van der Waals surface area contributed by atoms with Gasteiger partial charge in [-0.05, 0) is 55.0 Å². The lowest BCUT2D eigenvalue weighted by Gasteiger charge is -2.10. The van der Waals surface area contributed by atoms with Crippen LogP contribution in [0.5, 0.6) is 17.2 Å². The van der Waals surface area contributed by atoms with Gasteiger partial charge in [-0.1, -0.05) is 12.1 Å². The molecular weight excluding hydrogens is 372 g/mol. The average Bonchev–Trinajstić information content (AvgIpc) is 3.44. The summed E-state index contributed by atoms with van der Waals surface area (Å²) in [5, 5.41) is 5.70. The minimum Gasteiger partial charge on any atom is -0.489 e. The molecule has 1 aliphatic heterocycles. The van der Waals surface area contributed by atoms with Gasteiger partial charge in [0.2, 0.25) is 6.79 Å². The highest BCUT2D eigenvalue weighted by Gasteiger charge is 2.20. The fourth-order valence-electron chi connectivity index (χ4n) is 2.96. The SMILES string of the molecule is O=C(NCCCOCC1CC1)Nc1cccc(COc2ccc3c(c2)OCO3)c1. The van der Waals surface area contributed by atoms with E-state index in [1.54, 1.807) is 0 Å². The normalized spacial score (nSPS) is 14.5. The molecule has 1 aliphatic carbocycles. The number of anilines is 1. The lowest BCUT2D eigenvalue weighted by atomic mass is 10.2. The minimum atomic E-state index is -0.221. The molecule has 4 rings (SSSR count). The number of rotatable bonds is 10. The Labute approximate surface area is 170 Å². The zero-order valence-electron chi connectivity index (χ0n) is 16.3. The number of hydrogen-bond donors (Lipinski definition) is 2. The van der Waals surface area contributed by atoms with E-state index in [0.29, 0.717) is 31.3 Å². The third-order valence-electron chi connectivity index (χ3n) is 4.74. The van der Waals surface area contributed by atoms with Crippen molar-refractivity contribution >= 4 is 11.7 Å². The van der Waals surface area contributed by atoms with Gasteiger partial charge >= 0.3 is 6.03 Å². The fraction of sp³-hybridized carbons (Fsp3) is 0.409. The quantitative estimate of drug-likeness (QED) is 0.593. The van der Waals surface area contributed by atoms with Crippen LogP contribution in [0, 0.1) is 5.92 Å². The van der Waals surface area contributed by atoms with Crippen molar-refractivity contribution in [1.82, 2.24) is 5.32 Å². The van der Waals surface area contributed by atoms with Crippen molar-refractivity contribution in [3.63, 3.8) is 0 Å². The number of carbonyl (C=O) groups excluding carboxylic acids is 1. The molecule has 2 aromatic carbocycles. The van der Waals surface area contributed by atoms with Crippen LogP contribution >= 0.6 is 0 Å². The molecule has 0 atom stereocenters. The first-order chi connectivity index (χ1) is 14.3. The van der Waals surface area contributed by atoms with Crippen LogP contribution in [0.4, 0.5) is 10.5 Å². The number of hydrogen-bond acceptors (Lipinski definition) is 5. The first-order valence-corrected chi connectivity index (χ1v) is 10.0. The van der Waals surface area contributed by atoms with Gasteiger partial charge in [-0.25, -0.2) is 4.79 Å². The van der Waals surface area contributed by atoms with Crippen LogP contribution in [0.3, 0.4) is 0 Å². The first-order valence-electron chi connectivity index (χ1n) is 10.0. The van der Waals surface area contributed by atoms with E-state index < -0.39 is 0 Å². The molecule has 29 heavy (non-hydrogen) atoms. The van der Waals surface area contributed by atoms with Crippen molar-refractivity contribution in [2.24, 2.45) is 5.92 Å². The summed E-state index contributed by atoms with van der Waals surface area (Å²) in [6, 6.07) is 12.8. The van der Waals surface area contributed by atoms with E-state index in [0.717, 1.165) is 35.9 Å². The molecule has 154 valence electrons. The zero-order valence-corrected chi connectivity index (χ0v) is 16.3. The van der Waals surface area contributed by atoms with Gasteiger partial charge in [0.15, 0.2) is 11.5 Å². The highest BCUT2D eigenvalue weighted by Crippen LogP contribution is 2.35. The second-order valence-corrected chi connectivity index (χ2v) is 7.26. The summed E-state index contributed by atoms with van der Waals surface area (Å²) in [4.78, 5) is 12.0. The molecule has 7 heteroatoms. The Morgan fingerprint density at radius 1 is 1.10 bits per heavy atom. The van der Waals surface area contributed by atoms with Gasteiger partial charge in [-0.15, -0.1) is 0 Å². The second kappa shape index (κ2) is 9.52. The summed E-state index contributed by atoms with van der Waals surface area (Å²) in [6.45, 7) is 2.75. The van der Waals surface area contributed by atoms with Crippen molar-refractivity contribution < 1.29 is 23.7 Å². The maximum absolute atomic E-state index is 12.0. The Hall–Kier alpha value is -2.93. The van der Waals surface area contributed by atoms with E-state index in [-0.39, 0.29) is 12.8 Å². The molecule has 0 bridgehead atoms. The molecule has 2 amide bonds. The molecular formula is C22H26N2O5. The third-order valence-corrected chi connectivity index (χ3v) is 4.74. The minimum absolute atomic E-state index is 0.221. The average molecular weight is 398 g/mol. The predicted molar refractivity (Wildman–Crippen MR) is 109 cm³/mol. The fourth-order valence-corrected chi connectivity index (χ4v) is 2.96. The van der Waals surface area contributed by atoms with E-state index in [4.69, 9.17) is 18.9 Å². The van der Waals surface area contributed by atoms with Crippen LogP contribution in [-0.2, 0) is 11.3 Å². The zero-order chi connectivity index (χ0) is 19.9. The number of ether oxygens (including phenoxy) is 4. The standard InChI is InChI=1S/C22H26N2O5/c25-22(23-9-2-10-26-13-16-5-6-16)24-18-4-1-3-17(11-18)14-27-19-7-8-20-21(12-19)29-15-28-20/h1,3-4,7-8,11-12,16H,2,5-6,9-10,13-15H2,(H2,23,24,25). The van der Waals surface area contributed by atoms with E-state index in [1.807, 2.05) is 42.5 Å². The maximum atomic E-state index is 12.0. The molecule has 2 aromatic rings. The third kappa shape index (κ3) is 6.02. The summed E-state index contributed by atoms with van der Waals surface area (Å²) in [7, 11) is 0. The molecule has 2 N–H and O–H groups in total. The van der Waals surface area contributed by atoms with Gasteiger partial charge in [0.05, 0.1) is 0 Å². The topological polar surface area (TPSA) is 78.1 Å². The van der Waals surface area contributed by atoms with Crippen molar-refractivity contribution in [1.29, 1.82) is 0 Å². The molecule has 0 aromatic heterocycles. The van der Waals surface area contributed by atoms with Crippen LogP contribution < -0.4 is 24.8 Å². The summed E-state index contributed by atoms with van der Waals surface area (Å²) in [5.41, 5.74) is 1.67. The highest BCUT2D eigenvalue weighted by atomic mass is 16.7. The molecule has 1 saturated carbocycles. The molecule has 0 radical (unpaired) electrons. The summed E-state index contributed by atoms with van der Waals surface area (Å²) in [6.07, 6.45) is 3.40. The molecule has 0 spiro atoms. The number of nitrogens with one attached hydrogen (secondary N) is 2. The van der Waals surface area contributed by atoms with Gasteiger partial charge in [0.25, 0.3) is 0 Å². The molecule has 1 heterocycles. The Balaban J connectivity index is 1.18. The van der Waals surface area contributed by atoms with Gasteiger partial charge in [-0.2, -0.15) is 0 Å². The van der Waals surface area contributed by atoms with E-state index in [9.17, 15) is 4.79 Å². The maximum Gasteiger partial charge on any atom is 0.319 e. The number of carbonyl (C=O) groups is 1. The summed E-state index contributed by atoms with van der Waals surface area (Å²) >= 11 is 0. The van der Waals surface area contributed by atoms with Crippen LogP contribution in [0.15, 0.2) is 42.5 Å². The molecule has 2 aliphatic rings. The predicted octanol–water partition coefficient (Wildman–Crippen LogP) is 3.93. The Kier molecular flexibility index (Phi) is 6.36. The van der Waals surface area contributed by atoms with E-state index >= 15 is 0 Å². The monoisotopic (exact) mass is 398 g/mol. The van der Waals surface area contributed by atoms with Gasteiger partial charge in [0, 0.05) is 31.5 Å². The van der Waals surface area contributed by atoms with E-state index in [2.05, 4.69) is 10.6 Å².